The topological polar surface area (TPSA) is 72.2 Å². The highest BCUT2D eigenvalue weighted by molar-refractivity contribution is 7.89. The lowest BCUT2D eigenvalue weighted by atomic mass is 9.80. The molecule has 1 fully saturated rings. The van der Waals surface area contributed by atoms with Gasteiger partial charge in [0, 0.05) is 12.6 Å². The Morgan fingerprint density at radius 3 is 2.57 bits per heavy atom. The van der Waals surface area contributed by atoms with Gasteiger partial charge in [-0.25, -0.2) is 13.1 Å². The van der Waals surface area contributed by atoms with Gasteiger partial charge in [-0.05, 0) is 61.3 Å². The van der Waals surface area contributed by atoms with Crippen LogP contribution in [0.3, 0.4) is 0 Å². The summed E-state index contributed by atoms with van der Waals surface area (Å²) in [6.45, 7) is 6.69. The van der Waals surface area contributed by atoms with Crippen LogP contribution in [-0.4, -0.2) is 14.5 Å². The van der Waals surface area contributed by atoms with Gasteiger partial charge in [0.2, 0.25) is 10.0 Å². The zero-order valence-electron chi connectivity index (χ0n) is 13.1. The Hall–Kier alpha value is -0.910. The first-order chi connectivity index (χ1) is 9.83. The van der Waals surface area contributed by atoms with E-state index in [4.69, 9.17) is 5.73 Å². The Bertz CT molecular complexity index is 598. The lowest BCUT2D eigenvalue weighted by Gasteiger charge is -2.32. The molecule has 0 bridgehead atoms. The third-order valence-electron chi connectivity index (χ3n) is 4.58. The molecule has 2 rings (SSSR count). The van der Waals surface area contributed by atoms with Crippen molar-refractivity contribution in [2.75, 3.05) is 0 Å². The van der Waals surface area contributed by atoms with Gasteiger partial charge in [0.05, 0.1) is 4.90 Å². The number of hydrogen-bond acceptors (Lipinski definition) is 3. The minimum Gasteiger partial charge on any atom is -0.326 e. The summed E-state index contributed by atoms with van der Waals surface area (Å²) in [5.74, 6) is 1.07. The first-order valence-corrected chi connectivity index (χ1v) is 9.13. The van der Waals surface area contributed by atoms with Crippen LogP contribution in [0.2, 0.25) is 0 Å². The molecular weight excluding hydrogens is 284 g/mol. The molecule has 0 radical (unpaired) electrons. The summed E-state index contributed by atoms with van der Waals surface area (Å²) in [5.41, 5.74) is 7.53. The largest absolute Gasteiger partial charge is 0.326 e. The molecule has 0 aromatic heterocycles. The summed E-state index contributed by atoms with van der Waals surface area (Å²) in [6, 6.07) is 5.20. The van der Waals surface area contributed by atoms with Crippen LogP contribution in [0.5, 0.6) is 0 Å². The van der Waals surface area contributed by atoms with Crippen molar-refractivity contribution in [3.8, 4) is 0 Å². The van der Waals surface area contributed by atoms with Gasteiger partial charge in [0.15, 0.2) is 0 Å². The second-order valence-electron chi connectivity index (χ2n) is 6.42. The first-order valence-electron chi connectivity index (χ1n) is 7.65. The van der Waals surface area contributed by atoms with Crippen LogP contribution in [0.15, 0.2) is 23.1 Å². The Morgan fingerprint density at radius 2 is 2.00 bits per heavy atom. The van der Waals surface area contributed by atoms with Gasteiger partial charge in [-0.1, -0.05) is 19.9 Å². The summed E-state index contributed by atoms with van der Waals surface area (Å²) < 4.78 is 28.0. The second-order valence-corrected chi connectivity index (χ2v) is 8.13. The molecule has 0 saturated heterocycles. The number of nitrogens with one attached hydrogen (secondary N) is 1. The maximum atomic E-state index is 12.5. The van der Waals surface area contributed by atoms with Crippen LogP contribution in [0.1, 0.15) is 44.2 Å². The number of benzene rings is 1. The van der Waals surface area contributed by atoms with Gasteiger partial charge in [-0.15, -0.1) is 0 Å². The van der Waals surface area contributed by atoms with Gasteiger partial charge in [-0.3, -0.25) is 0 Å². The average molecular weight is 310 g/mol. The van der Waals surface area contributed by atoms with E-state index in [0.717, 1.165) is 30.4 Å². The van der Waals surface area contributed by atoms with E-state index in [9.17, 15) is 8.42 Å². The van der Waals surface area contributed by atoms with Crippen LogP contribution in [-0.2, 0) is 16.6 Å². The van der Waals surface area contributed by atoms with E-state index in [2.05, 4.69) is 18.6 Å². The zero-order valence-corrected chi connectivity index (χ0v) is 13.9. The smallest absolute Gasteiger partial charge is 0.240 e. The fourth-order valence-corrected chi connectivity index (χ4v) is 4.64. The van der Waals surface area contributed by atoms with E-state index < -0.39 is 10.0 Å². The van der Waals surface area contributed by atoms with E-state index in [1.165, 1.54) is 0 Å². The maximum absolute atomic E-state index is 12.5. The fraction of sp³-hybridized carbons (Fsp3) is 0.625. The number of aryl methyl sites for hydroxylation is 1. The molecule has 1 aliphatic carbocycles. The predicted molar refractivity (Wildman–Crippen MR) is 85.4 cm³/mol. The monoisotopic (exact) mass is 310 g/mol. The third kappa shape index (κ3) is 3.84. The lowest BCUT2D eigenvalue weighted by molar-refractivity contribution is 0.249. The van der Waals surface area contributed by atoms with Gasteiger partial charge < -0.3 is 5.73 Å². The minimum absolute atomic E-state index is 0.0423. The van der Waals surface area contributed by atoms with Crippen molar-refractivity contribution in [2.24, 2.45) is 17.6 Å². The molecule has 1 saturated carbocycles. The van der Waals surface area contributed by atoms with Crippen molar-refractivity contribution in [3.05, 3.63) is 29.3 Å². The molecular formula is C16H26N2O2S. The molecule has 21 heavy (non-hydrogen) atoms. The molecule has 0 aliphatic heterocycles. The summed E-state index contributed by atoms with van der Waals surface area (Å²) in [4.78, 5) is 0.336. The zero-order chi connectivity index (χ0) is 15.6. The van der Waals surface area contributed by atoms with E-state index in [1.54, 1.807) is 18.2 Å². The van der Waals surface area contributed by atoms with E-state index in [0.29, 0.717) is 23.3 Å². The van der Waals surface area contributed by atoms with Crippen molar-refractivity contribution in [1.82, 2.24) is 4.72 Å². The van der Waals surface area contributed by atoms with E-state index >= 15 is 0 Å². The first kappa shape index (κ1) is 16.5. The maximum Gasteiger partial charge on any atom is 0.240 e. The SMILES string of the molecule is Cc1cc(S(=O)(=O)NC2CCC(C)CC2C)ccc1CN. The number of rotatable bonds is 4. The molecule has 1 aromatic carbocycles. The molecule has 0 spiro atoms. The van der Waals surface area contributed by atoms with Crippen LogP contribution in [0.4, 0.5) is 0 Å². The number of nitrogens with two attached hydrogens (primary N) is 1. The molecule has 3 atom stereocenters. The molecule has 118 valence electrons. The lowest BCUT2D eigenvalue weighted by Crippen LogP contribution is -2.42. The summed E-state index contributed by atoms with van der Waals surface area (Å²) in [5, 5.41) is 0. The Labute approximate surface area is 128 Å². The Morgan fingerprint density at radius 1 is 1.29 bits per heavy atom. The van der Waals surface area contributed by atoms with Crippen LogP contribution in [0, 0.1) is 18.8 Å². The van der Waals surface area contributed by atoms with Crippen LogP contribution < -0.4 is 10.5 Å². The normalized spacial score (nSPS) is 26.8. The second kappa shape index (κ2) is 6.46. The standard InChI is InChI=1S/C16H26N2O2S/c1-11-4-7-16(13(3)8-11)18-21(19,20)15-6-5-14(10-17)12(2)9-15/h5-6,9,11,13,16,18H,4,7-8,10,17H2,1-3H3. The summed E-state index contributed by atoms with van der Waals surface area (Å²) in [7, 11) is -3.45. The summed E-state index contributed by atoms with van der Waals surface area (Å²) >= 11 is 0. The average Bonchev–Trinajstić information content (AvgIpc) is 2.42. The third-order valence-corrected chi connectivity index (χ3v) is 6.07. The van der Waals surface area contributed by atoms with E-state index in [-0.39, 0.29) is 6.04 Å². The minimum atomic E-state index is -3.45. The molecule has 5 heteroatoms. The van der Waals surface area contributed by atoms with Crippen molar-refractivity contribution in [2.45, 2.75) is 57.5 Å². The molecule has 0 heterocycles. The highest BCUT2D eigenvalue weighted by Crippen LogP contribution is 2.29. The highest BCUT2D eigenvalue weighted by Gasteiger charge is 2.29. The van der Waals surface area contributed by atoms with Crippen molar-refractivity contribution < 1.29 is 8.42 Å². The van der Waals surface area contributed by atoms with Crippen molar-refractivity contribution in [3.63, 3.8) is 0 Å². The molecule has 1 aliphatic rings. The van der Waals surface area contributed by atoms with Gasteiger partial charge >= 0.3 is 0 Å². The quantitative estimate of drug-likeness (QED) is 0.897. The van der Waals surface area contributed by atoms with Crippen LogP contribution >= 0.6 is 0 Å². The molecule has 3 N–H and O–H groups in total. The Balaban J connectivity index is 2.17. The molecule has 0 amide bonds. The molecule has 3 unspecified atom stereocenters. The highest BCUT2D eigenvalue weighted by atomic mass is 32.2. The number of hydrogen-bond donors (Lipinski definition) is 2. The van der Waals surface area contributed by atoms with Gasteiger partial charge in [-0.2, -0.15) is 0 Å². The fourth-order valence-electron chi connectivity index (χ4n) is 3.17. The molecule has 4 nitrogen and oxygen atoms in total. The van der Waals surface area contributed by atoms with Crippen molar-refractivity contribution in [1.29, 1.82) is 0 Å². The predicted octanol–water partition coefficient (Wildman–Crippen LogP) is 2.56. The van der Waals surface area contributed by atoms with Gasteiger partial charge in [0.1, 0.15) is 0 Å². The van der Waals surface area contributed by atoms with Gasteiger partial charge in [0.25, 0.3) is 0 Å². The number of sulfonamides is 1. The molecule has 1 aromatic rings. The Kier molecular flexibility index (Phi) is 5.07. The van der Waals surface area contributed by atoms with Crippen LogP contribution in [0.25, 0.3) is 0 Å². The summed E-state index contributed by atoms with van der Waals surface area (Å²) in [6.07, 6.45) is 3.09. The van der Waals surface area contributed by atoms with Crippen molar-refractivity contribution >= 4 is 10.0 Å². The van der Waals surface area contributed by atoms with E-state index in [1.807, 2.05) is 6.92 Å².